The zero-order chi connectivity index (χ0) is 19.5. The number of rotatable bonds is 7. The Bertz CT molecular complexity index is 982. The van der Waals surface area contributed by atoms with Gasteiger partial charge in [0.2, 0.25) is 0 Å². The predicted octanol–water partition coefficient (Wildman–Crippen LogP) is 3.52. The van der Waals surface area contributed by atoms with Gasteiger partial charge in [0.15, 0.2) is 0 Å². The van der Waals surface area contributed by atoms with E-state index in [-0.39, 0.29) is 21.4 Å². The zero-order valence-corrected chi connectivity index (χ0v) is 16.2. The molecule has 0 aliphatic rings. The number of carbonyl (C=O) groups is 1. The highest BCUT2D eigenvalue weighted by Gasteiger charge is 2.27. The lowest BCUT2D eigenvalue weighted by molar-refractivity contribution is 0.0703. The van der Waals surface area contributed by atoms with Gasteiger partial charge < -0.3 is 15.8 Å². The van der Waals surface area contributed by atoms with Gasteiger partial charge >= 0.3 is 5.97 Å². The Labute approximate surface area is 159 Å². The second kappa shape index (κ2) is 7.90. The lowest BCUT2D eigenvalue weighted by atomic mass is 10.2. The molecule has 2 rings (SSSR count). The van der Waals surface area contributed by atoms with Crippen molar-refractivity contribution >= 4 is 50.3 Å². The molecule has 1 aromatic heterocycles. The number of hydrogen-bond acceptors (Lipinski definition) is 6. The zero-order valence-electron chi connectivity index (χ0n) is 13.8. The van der Waals surface area contributed by atoms with E-state index in [4.69, 9.17) is 17.0 Å². The molecule has 0 aliphatic heterocycles. The molecule has 4 N–H and O–H groups in total. The number of benzene rings is 1. The molecule has 0 aliphatic carbocycles. The summed E-state index contributed by atoms with van der Waals surface area (Å²) in [6, 6.07) is 10.5. The van der Waals surface area contributed by atoms with E-state index < -0.39 is 20.9 Å². The van der Waals surface area contributed by atoms with E-state index in [0.717, 1.165) is 16.9 Å². The van der Waals surface area contributed by atoms with Crippen LogP contribution in [0.25, 0.3) is 10.4 Å². The van der Waals surface area contributed by atoms with Crippen LogP contribution in [-0.4, -0.2) is 32.3 Å². The number of carboxylic acid groups (broad SMARTS) is 1. The van der Waals surface area contributed by atoms with Crippen molar-refractivity contribution < 1.29 is 18.3 Å². The summed E-state index contributed by atoms with van der Waals surface area (Å²) in [5.74, 6) is -1.26. The Balaban J connectivity index is 2.53. The van der Waals surface area contributed by atoms with Crippen molar-refractivity contribution in [2.75, 3.05) is 11.8 Å². The SMILES string of the molecule is CN/C(Cl)=C(\C(C)=N)S(=O)(=O)Nc1cc(-c2ccccc2)sc1C(=O)O. The minimum atomic E-state index is -4.26. The molecule has 0 atom stereocenters. The molecule has 10 heteroatoms. The molecule has 0 spiro atoms. The maximum absolute atomic E-state index is 12.6. The first kappa shape index (κ1) is 20.0. The Hall–Kier alpha value is -2.36. The third-order valence-electron chi connectivity index (χ3n) is 3.26. The molecule has 0 saturated carbocycles. The molecule has 7 nitrogen and oxygen atoms in total. The van der Waals surface area contributed by atoms with Crippen molar-refractivity contribution in [3.05, 3.63) is 51.3 Å². The van der Waals surface area contributed by atoms with Gasteiger partial charge in [-0.2, -0.15) is 0 Å². The number of allylic oxidation sites excluding steroid dienone is 1. The summed E-state index contributed by atoms with van der Waals surface area (Å²) in [5, 5.41) is 19.3. The lowest BCUT2D eigenvalue weighted by Gasteiger charge is -2.12. The van der Waals surface area contributed by atoms with Gasteiger partial charge in [0.05, 0.1) is 11.4 Å². The van der Waals surface area contributed by atoms with Crippen LogP contribution in [0.3, 0.4) is 0 Å². The summed E-state index contributed by atoms with van der Waals surface area (Å²) in [4.78, 5) is 11.5. The molecule has 0 saturated heterocycles. The Morgan fingerprint density at radius 1 is 1.27 bits per heavy atom. The van der Waals surface area contributed by atoms with Crippen LogP contribution < -0.4 is 10.0 Å². The van der Waals surface area contributed by atoms with Crippen LogP contribution in [0.1, 0.15) is 16.6 Å². The van der Waals surface area contributed by atoms with Crippen molar-refractivity contribution in [2.45, 2.75) is 6.92 Å². The number of halogens is 1. The smallest absolute Gasteiger partial charge is 0.348 e. The number of nitrogens with one attached hydrogen (secondary N) is 3. The molecule has 0 bridgehead atoms. The number of carboxylic acids is 1. The second-order valence-corrected chi connectivity index (χ2v) is 8.20. The van der Waals surface area contributed by atoms with Crippen molar-refractivity contribution in [3.8, 4) is 10.4 Å². The molecule has 1 heterocycles. The highest BCUT2D eigenvalue weighted by molar-refractivity contribution is 7.97. The first-order valence-electron chi connectivity index (χ1n) is 7.25. The normalized spacial score (nSPS) is 12.3. The summed E-state index contributed by atoms with van der Waals surface area (Å²) in [5.41, 5.74) is 0.394. The standard InChI is InChI=1S/C16H16ClN3O4S2/c1-9(18)14(15(17)19-2)26(23,24)20-11-8-12(25-13(11)16(21)22)10-6-4-3-5-7-10/h3-8,18-20H,1-2H3,(H,21,22)/b15-14+,18-9?. The maximum Gasteiger partial charge on any atom is 0.348 e. The average molecular weight is 414 g/mol. The summed E-state index contributed by atoms with van der Waals surface area (Å²) in [6.07, 6.45) is 0. The van der Waals surface area contributed by atoms with Crippen molar-refractivity contribution in [1.82, 2.24) is 5.32 Å². The molecule has 0 radical (unpaired) electrons. The van der Waals surface area contributed by atoms with Crippen LogP contribution in [-0.2, 0) is 10.0 Å². The first-order valence-corrected chi connectivity index (χ1v) is 9.93. The fourth-order valence-corrected chi connectivity index (χ4v) is 4.93. The highest BCUT2D eigenvalue weighted by Crippen LogP contribution is 2.36. The summed E-state index contributed by atoms with van der Waals surface area (Å²) in [6.45, 7) is 1.27. The monoisotopic (exact) mass is 413 g/mol. The molecule has 0 amide bonds. The van der Waals surface area contributed by atoms with Gasteiger partial charge in [-0.1, -0.05) is 41.9 Å². The number of sulfonamides is 1. The topological polar surface area (TPSA) is 119 Å². The Morgan fingerprint density at radius 2 is 1.88 bits per heavy atom. The Morgan fingerprint density at radius 3 is 2.38 bits per heavy atom. The minimum Gasteiger partial charge on any atom is -0.477 e. The predicted molar refractivity (Wildman–Crippen MR) is 105 cm³/mol. The van der Waals surface area contributed by atoms with Crippen LogP contribution in [0.5, 0.6) is 0 Å². The molecule has 138 valence electrons. The van der Waals surface area contributed by atoms with E-state index in [1.165, 1.54) is 20.0 Å². The molecular weight excluding hydrogens is 398 g/mol. The first-order chi connectivity index (χ1) is 12.2. The summed E-state index contributed by atoms with van der Waals surface area (Å²) >= 11 is 6.83. The number of hydrogen-bond donors (Lipinski definition) is 4. The van der Waals surface area contributed by atoms with Gasteiger partial charge in [0.25, 0.3) is 10.0 Å². The molecular formula is C16H16ClN3O4S2. The minimum absolute atomic E-state index is 0.0827. The average Bonchev–Trinajstić information content (AvgIpc) is 2.98. The van der Waals surface area contributed by atoms with Crippen LogP contribution in [0.2, 0.25) is 0 Å². The van der Waals surface area contributed by atoms with Crippen LogP contribution >= 0.6 is 22.9 Å². The van der Waals surface area contributed by atoms with Crippen LogP contribution in [0.15, 0.2) is 46.5 Å². The molecule has 1 aromatic carbocycles. The van der Waals surface area contributed by atoms with Crippen molar-refractivity contribution in [1.29, 1.82) is 5.41 Å². The second-order valence-electron chi connectivity index (χ2n) is 5.15. The van der Waals surface area contributed by atoms with E-state index in [1.807, 2.05) is 6.07 Å². The van der Waals surface area contributed by atoms with E-state index in [9.17, 15) is 18.3 Å². The number of aromatic carboxylic acids is 1. The van der Waals surface area contributed by atoms with Gasteiger partial charge in [-0.25, -0.2) is 13.2 Å². The van der Waals surface area contributed by atoms with Crippen LogP contribution in [0, 0.1) is 5.41 Å². The molecule has 0 fully saturated rings. The lowest BCUT2D eigenvalue weighted by Crippen LogP contribution is -2.23. The Kier molecular flexibility index (Phi) is 6.06. The third-order valence-corrected chi connectivity index (χ3v) is 6.46. The number of anilines is 1. The fraction of sp³-hybridized carbons (Fsp3) is 0.125. The van der Waals surface area contributed by atoms with Gasteiger partial charge in [-0.05, 0) is 18.6 Å². The van der Waals surface area contributed by atoms with E-state index >= 15 is 0 Å². The fourth-order valence-electron chi connectivity index (χ4n) is 2.16. The van der Waals surface area contributed by atoms with Crippen molar-refractivity contribution in [2.24, 2.45) is 0 Å². The van der Waals surface area contributed by atoms with Crippen LogP contribution in [0.4, 0.5) is 5.69 Å². The molecule has 26 heavy (non-hydrogen) atoms. The summed E-state index contributed by atoms with van der Waals surface area (Å²) < 4.78 is 27.5. The third kappa shape index (κ3) is 4.24. The maximum atomic E-state index is 12.6. The quantitative estimate of drug-likeness (QED) is 0.409. The van der Waals surface area contributed by atoms with E-state index in [0.29, 0.717) is 4.88 Å². The van der Waals surface area contributed by atoms with Crippen molar-refractivity contribution in [3.63, 3.8) is 0 Å². The van der Waals surface area contributed by atoms with Gasteiger partial charge in [-0.15, -0.1) is 11.3 Å². The largest absolute Gasteiger partial charge is 0.477 e. The van der Waals surface area contributed by atoms with Gasteiger partial charge in [-0.3, -0.25) is 4.72 Å². The molecule has 0 unspecified atom stereocenters. The highest BCUT2D eigenvalue weighted by atomic mass is 35.5. The molecule has 2 aromatic rings. The van der Waals surface area contributed by atoms with Gasteiger partial charge in [0, 0.05) is 11.9 Å². The summed E-state index contributed by atoms with van der Waals surface area (Å²) in [7, 11) is -2.84. The van der Waals surface area contributed by atoms with E-state index in [2.05, 4.69) is 10.0 Å². The van der Waals surface area contributed by atoms with E-state index in [1.54, 1.807) is 24.3 Å². The van der Waals surface area contributed by atoms with Gasteiger partial charge in [0.1, 0.15) is 14.9 Å². The number of thiophene rings is 1.